The van der Waals surface area contributed by atoms with Gasteiger partial charge in [-0.25, -0.2) is 14.4 Å². The van der Waals surface area contributed by atoms with Gasteiger partial charge in [-0.1, -0.05) is 12.1 Å². The Labute approximate surface area is 256 Å². The normalized spacial score (nSPS) is 15.8. The molecule has 4 aromatic heterocycles. The number of nitrogens with two attached hydrogens (primary N) is 1. The summed E-state index contributed by atoms with van der Waals surface area (Å²) in [4.78, 5) is 46.1. The Kier molecular flexibility index (Phi) is 6.04. The quantitative estimate of drug-likeness (QED) is 0.272. The molecule has 0 unspecified atom stereocenters. The number of methoxy groups -OCH3 is 1. The van der Waals surface area contributed by atoms with E-state index in [1.807, 2.05) is 39.8 Å². The van der Waals surface area contributed by atoms with Crippen molar-refractivity contribution < 1.29 is 9.13 Å². The van der Waals surface area contributed by atoms with E-state index in [4.69, 9.17) is 15.5 Å². The van der Waals surface area contributed by atoms with E-state index in [2.05, 4.69) is 32.0 Å². The summed E-state index contributed by atoms with van der Waals surface area (Å²) in [6.45, 7) is 4.14. The predicted octanol–water partition coefficient (Wildman–Crippen LogP) is 3.19. The average Bonchev–Trinajstić information content (AvgIpc) is 3.39. The molecule has 12 heteroatoms. The van der Waals surface area contributed by atoms with Crippen LogP contribution in [0.25, 0.3) is 39.5 Å². The molecule has 45 heavy (non-hydrogen) atoms. The van der Waals surface area contributed by atoms with E-state index in [0.29, 0.717) is 34.1 Å². The van der Waals surface area contributed by atoms with Gasteiger partial charge in [0, 0.05) is 55.6 Å². The molecule has 0 saturated carbocycles. The highest BCUT2D eigenvalue weighted by atomic mass is 19.1. The Hall–Kier alpha value is -5.49. The second kappa shape index (κ2) is 10.0. The van der Waals surface area contributed by atoms with Gasteiger partial charge in [0.1, 0.15) is 28.5 Å². The van der Waals surface area contributed by atoms with Crippen LogP contribution < -0.4 is 26.2 Å². The van der Waals surface area contributed by atoms with Crippen molar-refractivity contribution in [3.05, 3.63) is 105 Å². The van der Waals surface area contributed by atoms with Crippen LogP contribution in [0.3, 0.4) is 0 Å². The van der Waals surface area contributed by atoms with Gasteiger partial charge in [0.05, 0.1) is 30.9 Å². The highest BCUT2D eigenvalue weighted by Gasteiger charge is 2.53. The molecule has 0 aliphatic carbocycles. The molecule has 8 rings (SSSR count). The number of likely N-dealkylation sites (tertiary alicyclic amines) is 1. The maximum atomic E-state index is 13.5. The fraction of sp³-hybridized carbons (Fsp3) is 0.212. The Bertz CT molecular complexity index is 2160. The molecule has 2 saturated heterocycles. The zero-order valence-corrected chi connectivity index (χ0v) is 24.3. The standard InChI is InChI=1S/C33H27FN8O3/c1-45-30-27(28(43)29(30)44)41-17-33(18-41)15-40(16-33)14-19-4-7-21(8-5-19)42-26(22-3-2-10-36-31(22)35)11-24-32(42)39-25(13-38-24)23-9-6-20(34)12-37-23/h2-13H,14-18H2,1H3,(H2,35,36). The maximum Gasteiger partial charge on any atom is 0.272 e. The minimum Gasteiger partial charge on any atom is -0.491 e. The zero-order valence-electron chi connectivity index (χ0n) is 24.3. The van der Waals surface area contributed by atoms with E-state index in [9.17, 15) is 14.0 Å². The van der Waals surface area contributed by atoms with Crippen molar-refractivity contribution in [3.63, 3.8) is 0 Å². The van der Waals surface area contributed by atoms with E-state index in [0.717, 1.165) is 61.4 Å². The lowest BCUT2D eigenvalue weighted by atomic mass is 9.72. The molecule has 2 aliphatic heterocycles. The van der Waals surface area contributed by atoms with Crippen molar-refractivity contribution in [2.24, 2.45) is 5.41 Å². The molecule has 0 amide bonds. The Balaban J connectivity index is 1.05. The van der Waals surface area contributed by atoms with Crippen LogP contribution in [-0.4, -0.2) is 62.7 Å². The third kappa shape index (κ3) is 4.36. The van der Waals surface area contributed by atoms with Crippen molar-refractivity contribution >= 4 is 22.7 Å². The van der Waals surface area contributed by atoms with E-state index < -0.39 is 16.7 Å². The van der Waals surface area contributed by atoms with Crippen LogP contribution in [0.5, 0.6) is 5.75 Å². The van der Waals surface area contributed by atoms with Gasteiger partial charge in [0.25, 0.3) is 10.9 Å². The van der Waals surface area contributed by atoms with E-state index in [1.165, 1.54) is 13.2 Å². The first-order valence-electron chi connectivity index (χ1n) is 14.5. The minimum absolute atomic E-state index is 0.142. The molecule has 6 aromatic rings. The van der Waals surface area contributed by atoms with Crippen molar-refractivity contribution in [1.29, 1.82) is 0 Å². The van der Waals surface area contributed by atoms with Crippen LogP contribution in [0, 0.1) is 11.2 Å². The van der Waals surface area contributed by atoms with Gasteiger partial charge in [-0.3, -0.25) is 29.0 Å². The highest BCUT2D eigenvalue weighted by Crippen LogP contribution is 2.43. The first-order chi connectivity index (χ1) is 21.8. The molecule has 2 aliphatic rings. The summed E-state index contributed by atoms with van der Waals surface area (Å²) in [6.07, 6.45) is 4.44. The number of rotatable bonds is 7. The monoisotopic (exact) mass is 602 g/mol. The fourth-order valence-corrected chi connectivity index (χ4v) is 6.69. The molecular weight excluding hydrogens is 575 g/mol. The molecule has 6 heterocycles. The average molecular weight is 603 g/mol. The second-order valence-corrected chi connectivity index (χ2v) is 11.8. The SMILES string of the molecule is COc1c(N2CC3(CN(Cc4ccc(-n5c(-c6cccnc6N)cc6ncc(-c7ccc(F)cn7)nc65)cc4)C3)C2)c(=O)c1=O. The summed E-state index contributed by atoms with van der Waals surface area (Å²) >= 11 is 0. The van der Waals surface area contributed by atoms with Crippen molar-refractivity contribution in [3.8, 4) is 34.1 Å². The van der Waals surface area contributed by atoms with Crippen molar-refractivity contribution in [2.45, 2.75) is 6.54 Å². The van der Waals surface area contributed by atoms with Gasteiger partial charge in [0.2, 0.25) is 0 Å². The van der Waals surface area contributed by atoms with E-state index in [1.54, 1.807) is 18.5 Å². The Morgan fingerprint density at radius 1 is 0.933 bits per heavy atom. The predicted molar refractivity (Wildman–Crippen MR) is 168 cm³/mol. The first-order valence-corrected chi connectivity index (χ1v) is 14.5. The summed E-state index contributed by atoms with van der Waals surface area (Å²) in [5.74, 6) is 0.156. The number of fused-ring (bicyclic) bond motifs is 1. The number of hydrogen-bond acceptors (Lipinski definition) is 10. The third-order valence-corrected chi connectivity index (χ3v) is 8.75. The molecule has 0 atom stereocenters. The van der Waals surface area contributed by atoms with Gasteiger partial charge in [-0.05, 0) is 48.0 Å². The van der Waals surface area contributed by atoms with Gasteiger partial charge in [0.15, 0.2) is 11.4 Å². The number of hydrogen-bond donors (Lipinski definition) is 1. The molecule has 2 aromatic carbocycles. The summed E-state index contributed by atoms with van der Waals surface area (Å²) in [5, 5.41) is 0. The number of nitrogens with zero attached hydrogens (tertiary/aromatic N) is 7. The van der Waals surface area contributed by atoms with Gasteiger partial charge >= 0.3 is 0 Å². The molecule has 1 spiro atoms. The molecule has 2 fully saturated rings. The number of nitrogen functional groups attached to an aromatic ring is 1. The molecule has 0 bridgehead atoms. The smallest absolute Gasteiger partial charge is 0.272 e. The van der Waals surface area contributed by atoms with Crippen LogP contribution >= 0.6 is 0 Å². The molecule has 224 valence electrons. The number of pyridine rings is 2. The van der Waals surface area contributed by atoms with Gasteiger partial charge in [-0.2, -0.15) is 0 Å². The van der Waals surface area contributed by atoms with Gasteiger partial charge in [-0.15, -0.1) is 0 Å². The first kappa shape index (κ1) is 27.1. The topological polar surface area (TPSA) is 132 Å². The zero-order chi connectivity index (χ0) is 30.9. The number of ether oxygens (including phenoxy) is 1. The lowest BCUT2D eigenvalue weighted by molar-refractivity contribution is -0.0276. The maximum absolute atomic E-state index is 13.5. The summed E-state index contributed by atoms with van der Waals surface area (Å²) < 4.78 is 20.6. The van der Waals surface area contributed by atoms with Crippen molar-refractivity contribution in [2.75, 3.05) is 43.9 Å². The molecule has 11 nitrogen and oxygen atoms in total. The number of aromatic nitrogens is 5. The van der Waals surface area contributed by atoms with Crippen molar-refractivity contribution in [1.82, 2.24) is 29.4 Å². The Morgan fingerprint density at radius 2 is 1.73 bits per heavy atom. The third-order valence-electron chi connectivity index (χ3n) is 8.75. The number of benzene rings is 1. The van der Waals surface area contributed by atoms with Crippen LogP contribution in [0.2, 0.25) is 0 Å². The second-order valence-electron chi connectivity index (χ2n) is 11.8. The highest BCUT2D eigenvalue weighted by molar-refractivity contribution is 5.87. The van der Waals surface area contributed by atoms with Crippen LogP contribution in [0.1, 0.15) is 5.56 Å². The number of halogens is 1. The van der Waals surface area contributed by atoms with E-state index in [-0.39, 0.29) is 11.2 Å². The fourth-order valence-electron chi connectivity index (χ4n) is 6.69. The van der Waals surface area contributed by atoms with E-state index >= 15 is 0 Å². The lowest BCUT2D eigenvalue weighted by Crippen LogP contribution is -2.73. The molecular formula is C33H27FN8O3. The molecule has 0 radical (unpaired) electrons. The van der Waals surface area contributed by atoms with Gasteiger partial charge < -0.3 is 15.4 Å². The van der Waals surface area contributed by atoms with Crippen LogP contribution in [0.4, 0.5) is 15.9 Å². The van der Waals surface area contributed by atoms with Crippen LogP contribution in [0.15, 0.2) is 82.8 Å². The largest absolute Gasteiger partial charge is 0.491 e. The number of anilines is 2. The Morgan fingerprint density at radius 3 is 2.44 bits per heavy atom. The summed E-state index contributed by atoms with van der Waals surface area (Å²) in [7, 11) is 1.43. The summed E-state index contributed by atoms with van der Waals surface area (Å²) in [5.41, 5.74) is 11.8. The minimum atomic E-state index is -0.534. The summed E-state index contributed by atoms with van der Waals surface area (Å²) in [6, 6.07) is 16.9. The molecule has 2 N–H and O–H groups in total. The van der Waals surface area contributed by atoms with Crippen LogP contribution in [-0.2, 0) is 6.54 Å². The lowest BCUT2D eigenvalue weighted by Gasteiger charge is -2.61.